The molecule has 0 aromatic carbocycles. The first kappa shape index (κ1) is 13.0. The lowest BCUT2D eigenvalue weighted by Gasteiger charge is -2.05. The molecule has 1 aromatic heterocycles. The quantitative estimate of drug-likeness (QED) is 0.675. The molecule has 1 N–H and O–H groups in total. The predicted octanol–water partition coefficient (Wildman–Crippen LogP) is 1.08. The molecule has 92 valence electrons. The number of hydrogen-bond donors (Lipinski definition) is 1. The van der Waals surface area contributed by atoms with Crippen LogP contribution in [-0.2, 0) is 4.74 Å². The molecule has 0 aliphatic rings. The molecule has 0 radical (unpaired) electrons. The Labute approximate surface area is 96.7 Å². The van der Waals surface area contributed by atoms with Crippen LogP contribution in [0.5, 0.6) is 5.75 Å². The monoisotopic (exact) mass is 227 g/mol. The van der Waals surface area contributed by atoms with Gasteiger partial charge in [0.2, 0.25) is 0 Å². The van der Waals surface area contributed by atoms with Crippen molar-refractivity contribution in [2.24, 2.45) is 0 Å². The van der Waals surface area contributed by atoms with Crippen LogP contribution in [0, 0.1) is 0 Å². The van der Waals surface area contributed by atoms with Crippen LogP contribution in [0.25, 0.3) is 0 Å². The lowest BCUT2D eigenvalue weighted by atomic mass is 10.4. The van der Waals surface area contributed by atoms with Gasteiger partial charge in [-0.05, 0) is 13.8 Å². The summed E-state index contributed by atoms with van der Waals surface area (Å²) in [4.78, 5) is 0. The summed E-state index contributed by atoms with van der Waals surface area (Å²) < 4.78 is 12.3. The molecule has 0 aliphatic heterocycles. The molecule has 1 aromatic rings. The second-order valence-corrected chi connectivity index (χ2v) is 3.84. The molecule has 0 saturated carbocycles. The minimum absolute atomic E-state index is 0.372. The van der Waals surface area contributed by atoms with Gasteiger partial charge in [0, 0.05) is 26.2 Å². The van der Waals surface area contributed by atoms with Crippen molar-refractivity contribution in [2.45, 2.75) is 19.9 Å². The summed E-state index contributed by atoms with van der Waals surface area (Å²) in [5, 5.41) is 7.40. The fourth-order valence-corrected chi connectivity index (χ4v) is 1.22. The molecule has 5 heteroatoms. The largest absolute Gasteiger partial charge is 0.489 e. The van der Waals surface area contributed by atoms with E-state index in [1.165, 1.54) is 0 Å². The summed E-state index contributed by atoms with van der Waals surface area (Å²) in [5.74, 6) is 0.822. The highest BCUT2D eigenvalue weighted by Crippen LogP contribution is 2.11. The van der Waals surface area contributed by atoms with Crippen molar-refractivity contribution in [2.75, 3.05) is 33.4 Å². The van der Waals surface area contributed by atoms with Crippen LogP contribution >= 0.6 is 0 Å². The average Bonchev–Trinajstić information content (AvgIpc) is 2.72. The van der Waals surface area contributed by atoms with Gasteiger partial charge in [-0.2, -0.15) is 5.10 Å². The zero-order valence-electron chi connectivity index (χ0n) is 10.3. The van der Waals surface area contributed by atoms with Gasteiger partial charge < -0.3 is 14.8 Å². The predicted molar refractivity (Wildman–Crippen MR) is 62.9 cm³/mol. The van der Waals surface area contributed by atoms with E-state index in [0.29, 0.717) is 12.6 Å². The standard InChI is InChI=1S/C11H21N3O2/c1-10(2)14-9-11(8-13-14)16-7-5-12-4-6-15-3/h8-10,12H,4-7H2,1-3H3. The van der Waals surface area contributed by atoms with E-state index < -0.39 is 0 Å². The Balaban J connectivity index is 2.12. The Morgan fingerprint density at radius 1 is 1.38 bits per heavy atom. The zero-order valence-corrected chi connectivity index (χ0v) is 10.3. The van der Waals surface area contributed by atoms with Crippen molar-refractivity contribution in [1.29, 1.82) is 0 Å². The third-order valence-corrected chi connectivity index (χ3v) is 2.14. The van der Waals surface area contributed by atoms with Crippen LogP contribution in [0.15, 0.2) is 12.4 Å². The number of aromatic nitrogens is 2. The molecule has 0 unspecified atom stereocenters. The lowest BCUT2D eigenvalue weighted by Crippen LogP contribution is -2.24. The SMILES string of the molecule is COCCNCCOc1cnn(C(C)C)c1. The molecule has 1 heterocycles. The molecule has 0 amide bonds. The molecule has 0 atom stereocenters. The highest BCUT2D eigenvalue weighted by atomic mass is 16.5. The zero-order chi connectivity index (χ0) is 11.8. The smallest absolute Gasteiger partial charge is 0.157 e. The lowest BCUT2D eigenvalue weighted by molar-refractivity contribution is 0.196. The molecular formula is C11H21N3O2. The summed E-state index contributed by atoms with van der Waals surface area (Å²) in [6, 6.07) is 0.372. The number of rotatable bonds is 8. The highest BCUT2D eigenvalue weighted by Gasteiger charge is 2.01. The number of hydrogen-bond acceptors (Lipinski definition) is 4. The third-order valence-electron chi connectivity index (χ3n) is 2.14. The summed E-state index contributed by atoms with van der Waals surface area (Å²) in [6.45, 7) is 7.21. The maximum atomic E-state index is 5.53. The van der Waals surface area contributed by atoms with Gasteiger partial charge in [-0.3, -0.25) is 4.68 Å². The van der Waals surface area contributed by atoms with E-state index in [-0.39, 0.29) is 0 Å². The molecule has 0 bridgehead atoms. The number of methoxy groups -OCH3 is 1. The molecule has 0 aliphatic carbocycles. The van der Waals surface area contributed by atoms with Crippen molar-refractivity contribution in [3.8, 4) is 5.75 Å². The van der Waals surface area contributed by atoms with Crippen LogP contribution in [0.3, 0.4) is 0 Å². The number of ether oxygens (including phenoxy) is 2. The van der Waals surface area contributed by atoms with E-state index in [1.807, 2.05) is 10.9 Å². The molecular weight excluding hydrogens is 206 g/mol. The fraction of sp³-hybridized carbons (Fsp3) is 0.727. The van der Waals surface area contributed by atoms with Crippen LogP contribution < -0.4 is 10.1 Å². The number of nitrogens with one attached hydrogen (secondary N) is 1. The van der Waals surface area contributed by atoms with E-state index in [9.17, 15) is 0 Å². The molecule has 0 spiro atoms. The summed E-state index contributed by atoms with van der Waals surface area (Å²) in [6.07, 6.45) is 3.66. The minimum atomic E-state index is 0.372. The Morgan fingerprint density at radius 3 is 2.75 bits per heavy atom. The first-order chi connectivity index (χ1) is 7.74. The molecule has 0 fully saturated rings. The summed E-state index contributed by atoms with van der Waals surface area (Å²) >= 11 is 0. The van der Waals surface area contributed by atoms with Gasteiger partial charge in [0.15, 0.2) is 5.75 Å². The van der Waals surface area contributed by atoms with Gasteiger partial charge in [0.05, 0.1) is 19.0 Å². The van der Waals surface area contributed by atoms with Gasteiger partial charge in [0.25, 0.3) is 0 Å². The molecule has 5 nitrogen and oxygen atoms in total. The second-order valence-electron chi connectivity index (χ2n) is 3.84. The van der Waals surface area contributed by atoms with Gasteiger partial charge in [0.1, 0.15) is 6.61 Å². The van der Waals surface area contributed by atoms with Crippen LogP contribution in [0.1, 0.15) is 19.9 Å². The Bertz CT molecular complexity index is 287. The Kier molecular flexibility index (Phi) is 5.88. The van der Waals surface area contributed by atoms with E-state index in [2.05, 4.69) is 24.3 Å². The fourth-order valence-electron chi connectivity index (χ4n) is 1.22. The van der Waals surface area contributed by atoms with Crippen molar-refractivity contribution >= 4 is 0 Å². The van der Waals surface area contributed by atoms with Gasteiger partial charge in [-0.1, -0.05) is 0 Å². The Morgan fingerprint density at radius 2 is 2.12 bits per heavy atom. The van der Waals surface area contributed by atoms with Crippen LogP contribution in [0.4, 0.5) is 0 Å². The first-order valence-corrected chi connectivity index (χ1v) is 5.60. The van der Waals surface area contributed by atoms with Crippen molar-refractivity contribution in [3.63, 3.8) is 0 Å². The summed E-state index contributed by atoms with van der Waals surface area (Å²) in [5.41, 5.74) is 0. The van der Waals surface area contributed by atoms with Gasteiger partial charge >= 0.3 is 0 Å². The number of nitrogens with zero attached hydrogens (tertiary/aromatic N) is 2. The van der Waals surface area contributed by atoms with Crippen molar-refractivity contribution in [3.05, 3.63) is 12.4 Å². The van der Waals surface area contributed by atoms with E-state index >= 15 is 0 Å². The van der Waals surface area contributed by atoms with E-state index in [1.54, 1.807) is 13.3 Å². The topological polar surface area (TPSA) is 48.3 Å². The van der Waals surface area contributed by atoms with E-state index in [0.717, 1.165) is 25.4 Å². The summed E-state index contributed by atoms with van der Waals surface area (Å²) in [7, 11) is 1.69. The van der Waals surface area contributed by atoms with Crippen molar-refractivity contribution in [1.82, 2.24) is 15.1 Å². The first-order valence-electron chi connectivity index (χ1n) is 5.60. The molecule has 0 saturated heterocycles. The van der Waals surface area contributed by atoms with Gasteiger partial charge in [-0.25, -0.2) is 0 Å². The maximum Gasteiger partial charge on any atom is 0.157 e. The van der Waals surface area contributed by atoms with Crippen molar-refractivity contribution < 1.29 is 9.47 Å². The molecule has 1 rings (SSSR count). The highest BCUT2D eigenvalue weighted by molar-refractivity contribution is 5.11. The van der Waals surface area contributed by atoms with Crippen LogP contribution in [0.2, 0.25) is 0 Å². The molecule has 16 heavy (non-hydrogen) atoms. The second kappa shape index (κ2) is 7.24. The Hall–Kier alpha value is -1.07. The van der Waals surface area contributed by atoms with Gasteiger partial charge in [-0.15, -0.1) is 0 Å². The average molecular weight is 227 g/mol. The normalized spacial score (nSPS) is 11.0. The third kappa shape index (κ3) is 4.63. The van der Waals surface area contributed by atoms with Crippen LogP contribution in [-0.4, -0.2) is 43.2 Å². The minimum Gasteiger partial charge on any atom is -0.489 e. The van der Waals surface area contributed by atoms with E-state index in [4.69, 9.17) is 9.47 Å². The maximum absolute atomic E-state index is 5.53.